The minimum atomic E-state index is 0.554. The van der Waals surface area contributed by atoms with E-state index in [9.17, 15) is 4.79 Å². The van der Waals surface area contributed by atoms with Crippen LogP contribution in [0, 0.1) is 0 Å². The van der Waals surface area contributed by atoms with Gasteiger partial charge in [-0.2, -0.15) is 0 Å². The zero-order chi connectivity index (χ0) is 9.54. The highest BCUT2D eigenvalue weighted by Crippen LogP contribution is 2.42. The van der Waals surface area contributed by atoms with Gasteiger partial charge < -0.3 is 4.52 Å². The number of benzene rings is 1. The van der Waals surface area contributed by atoms with Gasteiger partial charge in [-0.05, 0) is 31.0 Å². The Bertz CT molecular complexity index is 497. The van der Waals surface area contributed by atoms with Crippen LogP contribution in [0.2, 0.25) is 0 Å². The second-order valence-electron chi connectivity index (χ2n) is 3.72. The van der Waals surface area contributed by atoms with Crippen LogP contribution >= 0.6 is 0 Å². The molecule has 0 atom stereocenters. The highest BCUT2D eigenvalue weighted by molar-refractivity contribution is 5.87. The topological polar surface area (TPSA) is 43.1 Å². The van der Waals surface area contributed by atoms with Crippen molar-refractivity contribution in [1.29, 1.82) is 0 Å². The van der Waals surface area contributed by atoms with Gasteiger partial charge in [0.05, 0.1) is 5.69 Å². The summed E-state index contributed by atoms with van der Waals surface area (Å²) in [5.41, 5.74) is 2.48. The monoisotopic (exact) mass is 187 g/mol. The predicted molar refractivity (Wildman–Crippen MR) is 51.4 cm³/mol. The molecule has 0 aliphatic heterocycles. The molecule has 0 bridgehead atoms. The highest BCUT2D eigenvalue weighted by Gasteiger charge is 2.28. The fraction of sp³-hybridized carbons (Fsp3) is 0.273. The second-order valence-corrected chi connectivity index (χ2v) is 3.72. The first kappa shape index (κ1) is 7.74. The van der Waals surface area contributed by atoms with E-state index >= 15 is 0 Å². The van der Waals surface area contributed by atoms with Crippen LogP contribution < -0.4 is 0 Å². The van der Waals surface area contributed by atoms with Crippen LogP contribution in [0.1, 0.15) is 34.8 Å². The molecule has 1 aromatic heterocycles. The van der Waals surface area contributed by atoms with Crippen molar-refractivity contribution in [3.05, 3.63) is 29.5 Å². The van der Waals surface area contributed by atoms with Crippen LogP contribution in [0.15, 0.2) is 22.7 Å². The Kier molecular flexibility index (Phi) is 1.48. The minimum absolute atomic E-state index is 0.554. The van der Waals surface area contributed by atoms with Gasteiger partial charge in [-0.15, -0.1) is 0 Å². The minimum Gasteiger partial charge on any atom is -0.356 e. The molecule has 1 heterocycles. The van der Waals surface area contributed by atoms with Gasteiger partial charge in [0.25, 0.3) is 0 Å². The van der Waals surface area contributed by atoms with E-state index in [0.717, 1.165) is 22.9 Å². The number of aldehydes is 1. The number of carbonyl (C=O) groups is 1. The van der Waals surface area contributed by atoms with E-state index in [1.807, 2.05) is 6.07 Å². The van der Waals surface area contributed by atoms with E-state index in [1.165, 1.54) is 12.8 Å². The summed E-state index contributed by atoms with van der Waals surface area (Å²) in [4.78, 5) is 10.6. The summed E-state index contributed by atoms with van der Waals surface area (Å²) >= 11 is 0. The molecule has 1 aromatic carbocycles. The van der Waals surface area contributed by atoms with Crippen LogP contribution in [-0.4, -0.2) is 11.4 Å². The lowest BCUT2D eigenvalue weighted by atomic mass is 10.1. The number of hydrogen-bond acceptors (Lipinski definition) is 3. The van der Waals surface area contributed by atoms with Crippen LogP contribution in [0.5, 0.6) is 0 Å². The molecule has 1 fully saturated rings. The lowest BCUT2D eigenvalue weighted by Gasteiger charge is -1.91. The Hall–Kier alpha value is -1.64. The molecule has 0 N–H and O–H groups in total. The third kappa shape index (κ3) is 1.05. The van der Waals surface area contributed by atoms with Crippen LogP contribution in [0.4, 0.5) is 0 Å². The molecule has 0 spiro atoms. The number of fused-ring (bicyclic) bond motifs is 1. The molecule has 0 unspecified atom stereocenters. The maximum Gasteiger partial charge on any atom is 0.167 e. The first-order chi connectivity index (χ1) is 6.88. The molecular weight excluding hydrogens is 178 g/mol. The van der Waals surface area contributed by atoms with Crippen LogP contribution in [0.25, 0.3) is 11.0 Å². The summed E-state index contributed by atoms with van der Waals surface area (Å²) in [6.45, 7) is 0. The summed E-state index contributed by atoms with van der Waals surface area (Å²) in [5, 5.41) is 5.04. The zero-order valence-corrected chi connectivity index (χ0v) is 7.56. The predicted octanol–water partition coefficient (Wildman–Crippen LogP) is 2.52. The van der Waals surface area contributed by atoms with Gasteiger partial charge in [0, 0.05) is 16.9 Å². The molecule has 1 aliphatic carbocycles. The molecule has 0 saturated heterocycles. The first-order valence-electron chi connectivity index (χ1n) is 4.73. The lowest BCUT2D eigenvalue weighted by Crippen LogP contribution is -1.81. The summed E-state index contributed by atoms with van der Waals surface area (Å²) < 4.78 is 5.18. The van der Waals surface area contributed by atoms with Gasteiger partial charge in [0.2, 0.25) is 0 Å². The SMILES string of the molecule is O=Cc1ccc2onc(C3CC3)c2c1. The number of rotatable bonds is 2. The van der Waals surface area contributed by atoms with Crippen LogP contribution in [-0.2, 0) is 0 Å². The Balaban J connectivity index is 2.25. The third-order valence-electron chi connectivity index (χ3n) is 2.62. The fourth-order valence-corrected chi connectivity index (χ4v) is 1.70. The van der Waals surface area contributed by atoms with Gasteiger partial charge in [-0.25, -0.2) is 0 Å². The number of hydrogen-bond donors (Lipinski definition) is 0. The third-order valence-corrected chi connectivity index (χ3v) is 2.62. The molecule has 3 nitrogen and oxygen atoms in total. The van der Waals surface area contributed by atoms with E-state index in [0.29, 0.717) is 11.5 Å². The maximum absolute atomic E-state index is 10.6. The molecule has 0 amide bonds. The summed E-state index contributed by atoms with van der Waals surface area (Å²) in [7, 11) is 0. The Morgan fingerprint density at radius 1 is 1.43 bits per heavy atom. The van der Waals surface area contributed by atoms with Gasteiger partial charge in [0.1, 0.15) is 6.29 Å². The van der Waals surface area contributed by atoms with E-state index < -0.39 is 0 Å². The van der Waals surface area contributed by atoms with Gasteiger partial charge >= 0.3 is 0 Å². The summed E-state index contributed by atoms with van der Waals surface area (Å²) in [6, 6.07) is 5.40. The molecule has 1 aliphatic rings. The van der Waals surface area contributed by atoms with E-state index in [-0.39, 0.29) is 0 Å². The standard InChI is InChI=1S/C11H9NO2/c13-6-7-1-4-10-9(5-7)11(12-14-10)8-2-3-8/h1,4-6,8H,2-3H2. The van der Waals surface area contributed by atoms with Crippen molar-refractivity contribution in [3.63, 3.8) is 0 Å². The summed E-state index contributed by atoms with van der Waals surface area (Å²) in [5.74, 6) is 0.554. The number of nitrogens with zero attached hydrogens (tertiary/aromatic N) is 1. The fourth-order valence-electron chi connectivity index (χ4n) is 1.70. The Morgan fingerprint density at radius 2 is 2.29 bits per heavy atom. The van der Waals surface area contributed by atoms with Crippen molar-refractivity contribution in [2.45, 2.75) is 18.8 Å². The van der Waals surface area contributed by atoms with E-state index in [4.69, 9.17) is 4.52 Å². The summed E-state index contributed by atoms with van der Waals surface area (Å²) in [6.07, 6.45) is 3.23. The molecule has 70 valence electrons. The smallest absolute Gasteiger partial charge is 0.167 e. The lowest BCUT2D eigenvalue weighted by molar-refractivity contribution is 0.112. The first-order valence-corrected chi connectivity index (χ1v) is 4.73. The average molecular weight is 187 g/mol. The maximum atomic E-state index is 10.6. The average Bonchev–Trinajstić information content (AvgIpc) is 2.98. The quantitative estimate of drug-likeness (QED) is 0.678. The molecule has 0 radical (unpaired) electrons. The van der Waals surface area contributed by atoms with E-state index in [2.05, 4.69) is 5.16 Å². The molecular formula is C11H9NO2. The Morgan fingerprint density at radius 3 is 3.00 bits per heavy atom. The van der Waals surface area contributed by atoms with Crippen molar-refractivity contribution in [2.24, 2.45) is 0 Å². The molecule has 1 saturated carbocycles. The van der Waals surface area contributed by atoms with Crippen molar-refractivity contribution in [3.8, 4) is 0 Å². The van der Waals surface area contributed by atoms with Crippen molar-refractivity contribution < 1.29 is 9.32 Å². The molecule has 2 aromatic rings. The normalized spacial score (nSPS) is 16.0. The van der Waals surface area contributed by atoms with Crippen molar-refractivity contribution >= 4 is 17.3 Å². The zero-order valence-electron chi connectivity index (χ0n) is 7.56. The van der Waals surface area contributed by atoms with E-state index in [1.54, 1.807) is 12.1 Å². The second kappa shape index (κ2) is 2.67. The van der Waals surface area contributed by atoms with Gasteiger partial charge in [-0.3, -0.25) is 4.79 Å². The van der Waals surface area contributed by atoms with Crippen LogP contribution in [0.3, 0.4) is 0 Å². The van der Waals surface area contributed by atoms with Gasteiger partial charge in [0.15, 0.2) is 5.58 Å². The van der Waals surface area contributed by atoms with Crippen molar-refractivity contribution in [1.82, 2.24) is 5.16 Å². The Labute approximate surface area is 80.7 Å². The molecule has 3 heteroatoms. The number of carbonyl (C=O) groups excluding carboxylic acids is 1. The molecule has 3 rings (SSSR count). The largest absolute Gasteiger partial charge is 0.356 e. The van der Waals surface area contributed by atoms with Gasteiger partial charge in [-0.1, -0.05) is 5.16 Å². The van der Waals surface area contributed by atoms with Crippen molar-refractivity contribution in [2.75, 3.05) is 0 Å². The molecule has 14 heavy (non-hydrogen) atoms. The number of aromatic nitrogens is 1. The highest BCUT2D eigenvalue weighted by atomic mass is 16.5.